The van der Waals surface area contributed by atoms with E-state index in [1.54, 1.807) is 0 Å². The molecule has 1 atom stereocenters. The number of ether oxygens (including phenoxy) is 3. The second kappa shape index (κ2) is 53.2. The maximum atomic E-state index is 12.8. The van der Waals surface area contributed by atoms with Crippen LogP contribution in [0, 0.1) is 0 Å². The van der Waals surface area contributed by atoms with Gasteiger partial charge >= 0.3 is 17.9 Å². The van der Waals surface area contributed by atoms with Crippen molar-refractivity contribution in [3.05, 3.63) is 85.1 Å². The Bertz CT molecular complexity index is 1270. The molecule has 6 heteroatoms. The van der Waals surface area contributed by atoms with Gasteiger partial charge in [0.2, 0.25) is 0 Å². The Balaban J connectivity index is 4.47. The molecule has 6 nitrogen and oxygen atoms in total. The van der Waals surface area contributed by atoms with Crippen LogP contribution in [0.4, 0.5) is 0 Å². The molecule has 0 aliphatic rings. The highest BCUT2D eigenvalue weighted by Gasteiger charge is 2.19. The molecule has 0 heterocycles. The van der Waals surface area contributed by atoms with Crippen LogP contribution in [0.25, 0.3) is 0 Å². The molecular formula is C59H100O6. The van der Waals surface area contributed by atoms with E-state index in [2.05, 4.69) is 45.1 Å². The average molecular weight is 905 g/mol. The van der Waals surface area contributed by atoms with E-state index in [1.807, 2.05) is 60.8 Å². The Morgan fingerprint density at radius 1 is 0.323 bits per heavy atom. The van der Waals surface area contributed by atoms with Crippen LogP contribution in [-0.4, -0.2) is 37.2 Å². The first-order valence-corrected chi connectivity index (χ1v) is 27.2. The van der Waals surface area contributed by atoms with E-state index in [0.29, 0.717) is 19.3 Å². The zero-order valence-electron chi connectivity index (χ0n) is 42.5. The van der Waals surface area contributed by atoms with E-state index >= 15 is 0 Å². The summed E-state index contributed by atoms with van der Waals surface area (Å²) in [6.45, 7) is 6.45. The van der Waals surface area contributed by atoms with Crippen LogP contribution in [-0.2, 0) is 28.6 Å². The smallest absolute Gasteiger partial charge is 0.306 e. The van der Waals surface area contributed by atoms with Crippen molar-refractivity contribution in [1.82, 2.24) is 0 Å². The summed E-state index contributed by atoms with van der Waals surface area (Å²) in [5.41, 5.74) is 0. The lowest BCUT2D eigenvalue weighted by Crippen LogP contribution is -2.30. The molecule has 0 aliphatic carbocycles. The first kappa shape index (κ1) is 61.6. The molecule has 65 heavy (non-hydrogen) atoms. The monoisotopic (exact) mass is 905 g/mol. The van der Waals surface area contributed by atoms with Gasteiger partial charge in [-0.2, -0.15) is 0 Å². The molecule has 0 spiro atoms. The summed E-state index contributed by atoms with van der Waals surface area (Å²) in [6.07, 6.45) is 68.5. The third kappa shape index (κ3) is 51.4. The molecule has 1 unspecified atom stereocenters. The highest BCUT2D eigenvalue weighted by molar-refractivity contribution is 5.71. The van der Waals surface area contributed by atoms with Crippen molar-refractivity contribution < 1.29 is 28.6 Å². The van der Waals surface area contributed by atoms with Crippen molar-refractivity contribution in [2.45, 2.75) is 258 Å². The van der Waals surface area contributed by atoms with Gasteiger partial charge in [0, 0.05) is 19.3 Å². The zero-order chi connectivity index (χ0) is 47.2. The van der Waals surface area contributed by atoms with Gasteiger partial charge < -0.3 is 14.2 Å². The van der Waals surface area contributed by atoms with Gasteiger partial charge in [-0.05, 0) is 64.2 Å². The lowest BCUT2D eigenvalue weighted by atomic mass is 10.0. The predicted octanol–water partition coefficient (Wildman–Crippen LogP) is 18.0. The zero-order valence-corrected chi connectivity index (χ0v) is 42.5. The molecule has 0 N–H and O–H groups in total. The van der Waals surface area contributed by atoms with Gasteiger partial charge in [0.15, 0.2) is 6.10 Å². The molecule has 0 aromatic rings. The summed E-state index contributed by atoms with van der Waals surface area (Å²) in [4.78, 5) is 38.0. The Kier molecular flexibility index (Phi) is 50.4. The summed E-state index contributed by atoms with van der Waals surface area (Å²) in [5.74, 6) is -0.952. The van der Waals surface area contributed by atoms with Crippen molar-refractivity contribution in [2.24, 2.45) is 0 Å². The molecule has 0 rings (SSSR count). The van der Waals surface area contributed by atoms with Crippen LogP contribution in [0.15, 0.2) is 85.1 Å². The average Bonchev–Trinajstić information content (AvgIpc) is 3.30. The summed E-state index contributed by atoms with van der Waals surface area (Å²) >= 11 is 0. The van der Waals surface area contributed by atoms with E-state index in [-0.39, 0.29) is 31.1 Å². The summed E-state index contributed by atoms with van der Waals surface area (Å²) in [6, 6.07) is 0. The second-order valence-corrected chi connectivity index (χ2v) is 17.9. The van der Waals surface area contributed by atoms with Crippen molar-refractivity contribution in [1.29, 1.82) is 0 Å². The molecule has 0 saturated carbocycles. The van der Waals surface area contributed by atoms with Crippen LogP contribution >= 0.6 is 0 Å². The minimum atomic E-state index is -0.799. The number of hydrogen-bond donors (Lipinski definition) is 0. The summed E-state index contributed by atoms with van der Waals surface area (Å²) < 4.78 is 16.8. The topological polar surface area (TPSA) is 78.9 Å². The first-order valence-electron chi connectivity index (χ1n) is 27.2. The Morgan fingerprint density at radius 2 is 0.615 bits per heavy atom. The number of hydrogen-bond acceptors (Lipinski definition) is 6. The van der Waals surface area contributed by atoms with Crippen LogP contribution < -0.4 is 0 Å². The molecule has 372 valence electrons. The predicted molar refractivity (Wildman–Crippen MR) is 279 cm³/mol. The quantitative estimate of drug-likeness (QED) is 0.0199. The number of rotatable bonds is 48. The van der Waals surface area contributed by atoms with E-state index in [9.17, 15) is 14.4 Å². The maximum absolute atomic E-state index is 12.8. The lowest BCUT2D eigenvalue weighted by molar-refractivity contribution is -0.167. The summed E-state index contributed by atoms with van der Waals surface area (Å²) in [7, 11) is 0. The minimum absolute atomic E-state index is 0.0976. The van der Waals surface area contributed by atoms with Crippen LogP contribution in [0.2, 0.25) is 0 Å². The minimum Gasteiger partial charge on any atom is -0.462 e. The largest absolute Gasteiger partial charge is 0.462 e. The molecule has 0 aliphatic heterocycles. The third-order valence-corrected chi connectivity index (χ3v) is 11.5. The number of esters is 3. The number of carbonyl (C=O) groups excluding carboxylic acids is 3. The van der Waals surface area contributed by atoms with Gasteiger partial charge in [-0.15, -0.1) is 0 Å². The Labute approximate surface area is 401 Å². The molecule has 0 aromatic heterocycles. The Morgan fingerprint density at radius 3 is 1.00 bits per heavy atom. The number of carbonyl (C=O) groups is 3. The molecule has 0 amide bonds. The molecule has 0 saturated heterocycles. The third-order valence-electron chi connectivity index (χ3n) is 11.5. The van der Waals surface area contributed by atoms with Gasteiger partial charge in [0.05, 0.1) is 0 Å². The highest BCUT2D eigenvalue weighted by Crippen LogP contribution is 2.16. The van der Waals surface area contributed by atoms with Gasteiger partial charge in [0.25, 0.3) is 0 Å². The van der Waals surface area contributed by atoms with Gasteiger partial charge in [-0.1, -0.05) is 254 Å². The van der Waals surface area contributed by atoms with Crippen LogP contribution in [0.3, 0.4) is 0 Å². The second-order valence-electron chi connectivity index (χ2n) is 17.9. The fourth-order valence-electron chi connectivity index (χ4n) is 7.47. The van der Waals surface area contributed by atoms with Crippen molar-refractivity contribution >= 4 is 17.9 Å². The molecule has 0 aromatic carbocycles. The van der Waals surface area contributed by atoms with Crippen molar-refractivity contribution in [3.8, 4) is 0 Å². The molecule has 0 fully saturated rings. The van der Waals surface area contributed by atoms with E-state index < -0.39 is 6.10 Å². The highest BCUT2D eigenvalue weighted by atomic mass is 16.6. The summed E-state index contributed by atoms with van der Waals surface area (Å²) in [5, 5.41) is 0. The molecular weight excluding hydrogens is 805 g/mol. The fourth-order valence-corrected chi connectivity index (χ4v) is 7.47. The van der Waals surface area contributed by atoms with Crippen LogP contribution in [0.1, 0.15) is 252 Å². The van der Waals surface area contributed by atoms with Gasteiger partial charge in [-0.3, -0.25) is 14.4 Å². The Hall–Kier alpha value is -3.41. The lowest BCUT2D eigenvalue weighted by Gasteiger charge is -2.18. The fraction of sp³-hybridized carbons (Fsp3) is 0.712. The van der Waals surface area contributed by atoms with Crippen molar-refractivity contribution in [2.75, 3.05) is 13.2 Å². The SMILES string of the molecule is CC\C=C/C=C\C=C/C=C\C=C\C=C/CCCCCC(=O)OCC(COC(=O)CCCCC/C=C\CCCCCCCC)OC(=O)CCCCCCCCCCCCCCCCCCC. The van der Waals surface area contributed by atoms with E-state index in [4.69, 9.17) is 14.2 Å². The number of unbranched alkanes of at least 4 members (excludes halogenated alkanes) is 28. The normalized spacial score (nSPS) is 12.7. The molecule has 0 bridgehead atoms. The van der Waals surface area contributed by atoms with Crippen molar-refractivity contribution in [3.63, 3.8) is 0 Å². The maximum Gasteiger partial charge on any atom is 0.306 e. The van der Waals surface area contributed by atoms with E-state index in [1.165, 1.54) is 128 Å². The standard InChI is InChI=1S/C59H100O6/c1-4-7-10-13-16-19-22-25-27-29-31-34-37-40-43-46-49-52-58(61)64-55-56(54-63-57(60)51-48-45-42-39-36-33-24-21-18-15-12-9-6-3)65-59(62)53-50-47-44-41-38-35-32-30-28-26-23-20-17-14-11-8-5-2/h7,10,13,16,19,22,25,27,29,31,33-34,36-37,56H,4-6,8-9,11-12,14-15,17-18,20-21,23-24,26,28,30,32,35,38-55H2,1-3H3/b10-7-,16-13-,22-19-,27-25-,31-29+,36-33-,37-34-. The van der Waals surface area contributed by atoms with E-state index in [0.717, 1.165) is 83.5 Å². The first-order chi connectivity index (χ1) is 32.0. The van der Waals surface area contributed by atoms with Gasteiger partial charge in [0.1, 0.15) is 13.2 Å². The van der Waals surface area contributed by atoms with Gasteiger partial charge in [-0.25, -0.2) is 0 Å². The van der Waals surface area contributed by atoms with Crippen LogP contribution in [0.5, 0.6) is 0 Å². The molecule has 0 radical (unpaired) electrons. The number of allylic oxidation sites excluding steroid dienone is 14.